The minimum Gasteiger partial charge on any atom is -0.327 e. The normalized spacial score (nSPS) is 37.0. The first-order valence-electron chi connectivity index (χ1n) is 7.41. The Balaban J connectivity index is 1.92. The fraction of sp³-hybridized carbons (Fsp3) is 1.00. The minimum atomic E-state index is 0.302. The van der Waals surface area contributed by atoms with Gasteiger partial charge in [0.25, 0.3) is 0 Å². The Labute approximate surface area is 113 Å². The van der Waals surface area contributed by atoms with Gasteiger partial charge in [0, 0.05) is 37.8 Å². The quantitative estimate of drug-likeness (QED) is 0.814. The second-order valence-electron chi connectivity index (χ2n) is 7.78. The van der Waals surface area contributed by atoms with E-state index in [0.29, 0.717) is 22.9 Å². The van der Waals surface area contributed by atoms with Crippen molar-refractivity contribution in [3.8, 4) is 0 Å². The molecule has 2 aliphatic rings. The zero-order valence-corrected chi connectivity index (χ0v) is 12.9. The third-order valence-corrected chi connectivity index (χ3v) is 5.46. The molecule has 2 unspecified atom stereocenters. The van der Waals surface area contributed by atoms with Crippen LogP contribution in [0.4, 0.5) is 0 Å². The number of rotatable bonds is 2. The molecule has 2 fully saturated rings. The summed E-state index contributed by atoms with van der Waals surface area (Å²) in [6.07, 6.45) is 2.59. The molecule has 1 heterocycles. The summed E-state index contributed by atoms with van der Waals surface area (Å²) >= 11 is 0. The highest BCUT2D eigenvalue weighted by molar-refractivity contribution is 4.97. The Hall–Kier alpha value is -0.120. The number of nitrogens with zero attached hydrogens (tertiary/aromatic N) is 2. The fourth-order valence-electron chi connectivity index (χ4n) is 3.58. The van der Waals surface area contributed by atoms with E-state index >= 15 is 0 Å². The maximum absolute atomic E-state index is 6.43. The van der Waals surface area contributed by atoms with E-state index in [1.807, 2.05) is 0 Å². The molecular weight excluding hydrogens is 222 g/mol. The summed E-state index contributed by atoms with van der Waals surface area (Å²) in [7, 11) is 2.24. The maximum atomic E-state index is 6.43. The smallest absolute Gasteiger partial charge is 0.0277 e. The molecule has 0 amide bonds. The van der Waals surface area contributed by atoms with E-state index in [9.17, 15) is 0 Å². The van der Waals surface area contributed by atoms with Crippen LogP contribution in [0.2, 0.25) is 0 Å². The molecule has 1 aliphatic heterocycles. The van der Waals surface area contributed by atoms with E-state index in [1.165, 1.54) is 39.0 Å². The maximum Gasteiger partial charge on any atom is 0.0277 e. The first kappa shape index (κ1) is 14.3. The molecule has 0 spiro atoms. The van der Waals surface area contributed by atoms with E-state index in [0.717, 1.165) is 0 Å². The zero-order chi connectivity index (χ0) is 13.6. The minimum absolute atomic E-state index is 0.302. The topological polar surface area (TPSA) is 32.5 Å². The lowest BCUT2D eigenvalue weighted by molar-refractivity contribution is 0.0302. The predicted octanol–water partition coefficient (Wildman–Crippen LogP) is 1.78. The summed E-state index contributed by atoms with van der Waals surface area (Å²) < 4.78 is 0. The summed E-state index contributed by atoms with van der Waals surface area (Å²) in [5.74, 6) is 0.694. The highest BCUT2D eigenvalue weighted by Crippen LogP contribution is 2.40. The highest BCUT2D eigenvalue weighted by Gasteiger charge is 2.41. The molecule has 3 heteroatoms. The number of nitrogens with two attached hydrogens (primary N) is 1. The van der Waals surface area contributed by atoms with E-state index < -0.39 is 0 Å². The van der Waals surface area contributed by atoms with Crippen molar-refractivity contribution >= 4 is 0 Å². The van der Waals surface area contributed by atoms with Crippen LogP contribution in [0.5, 0.6) is 0 Å². The van der Waals surface area contributed by atoms with Crippen LogP contribution >= 0.6 is 0 Å². The Bertz CT molecular complexity index is 298. The van der Waals surface area contributed by atoms with Crippen molar-refractivity contribution in [3.05, 3.63) is 0 Å². The van der Waals surface area contributed by atoms with E-state index in [4.69, 9.17) is 5.73 Å². The summed E-state index contributed by atoms with van der Waals surface area (Å²) in [5.41, 5.74) is 7.07. The molecule has 106 valence electrons. The molecular formula is C15H31N3. The third-order valence-electron chi connectivity index (χ3n) is 5.46. The molecule has 0 bridgehead atoms. The Morgan fingerprint density at radius 2 is 1.83 bits per heavy atom. The van der Waals surface area contributed by atoms with Crippen LogP contribution in [0.1, 0.15) is 40.5 Å². The summed E-state index contributed by atoms with van der Waals surface area (Å²) in [6.45, 7) is 14.1. The molecule has 2 rings (SSSR count). The van der Waals surface area contributed by atoms with Gasteiger partial charge in [-0.2, -0.15) is 0 Å². The van der Waals surface area contributed by atoms with Crippen LogP contribution in [-0.4, -0.2) is 54.6 Å². The monoisotopic (exact) mass is 253 g/mol. The van der Waals surface area contributed by atoms with Gasteiger partial charge in [-0.3, -0.25) is 9.80 Å². The van der Waals surface area contributed by atoms with Crippen LogP contribution in [0.15, 0.2) is 0 Å². The lowest BCUT2D eigenvalue weighted by atomic mass is 9.85. The third kappa shape index (κ3) is 2.73. The number of hydrogen-bond donors (Lipinski definition) is 1. The molecule has 1 saturated carbocycles. The van der Waals surface area contributed by atoms with Gasteiger partial charge >= 0.3 is 0 Å². The SMILES string of the molecule is CN1CCN(CC2CCC(C)(C)C2N)CC1(C)C. The molecule has 3 nitrogen and oxygen atoms in total. The standard InChI is InChI=1S/C15H31N3/c1-14(2)7-6-12(13(14)16)10-18-9-8-17(5)15(3,4)11-18/h12-13H,6-11,16H2,1-5H3. The van der Waals surface area contributed by atoms with Gasteiger partial charge in [-0.15, -0.1) is 0 Å². The average Bonchev–Trinajstić information content (AvgIpc) is 2.50. The number of likely N-dealkylation sites (N-methyl/N-ethyl adjacent to an activating group) is 1. The van der Waals surface area contributed by atoms with Crippen LogP contribution in [0.3, 0.4) is 0 Å². The highest BCUT2D eigenvalue weighted by atomic mass is 15.3. The summed E-state index contributed by atoms with van der Waals surface area (Å²) in [4.78, 5) is 5.11. The van der Waals surface area contributed by atoms with Crippen molar-refractivity contribution in [3.63, 3.8) is 0 Å². The van der Waals surface area contributed by atoms with Gasteiger partial charge in [0.15, 0.2) is 0 Å². The fourth-order valence-corrected chi connectivity index (χ4v) is 3.58. The van der Waals surface area contributed by atoms with Crippen LogP contribution in [0.25, 0.3) is 0 Å². The average molecular weight is 253 g/mol. The van der Waals surface area contributed by atoms with Crippen molar-refractivity contribution in [2.45, 2.75) is 52.1 Å². The Kier molecular flexibility index (Phi) is 3.79. The predicted molar refractivity (Wildman–Crippen MR) is 77.6 cm³/mol. The lowest BCUT2D eigenvalue weighted by Crippen LogP contribution is -2.58. The molecule has 0 aromatic rings. The van der Waals surface area contributed by atoms with Crippen LogP contribution in [0, 0.1) is 11.3 Å². The molecule has 18 heavy (non-hydrogen) atoms. The second-order valence-corrected chi connectivity index (χ2v) is 7.78. The van der Waals surface area contributed by atoms with Crippen LogP contribution < -0.4 is 5.73 Å². The number of hydrogen-bond acceptors (Lipinski definition) is 3. The van der Waals surface area contributed by atoms with Gasteiger partial charge in [-0.1, -0.05) is 13.8 Å². The van der Waals surface area contributed by atoms with Crippen molar-refractivity contribution in [2.24, 2.45) is 17.1 Å². The van der Waals surface area contributed by atoms with Gasteiger partial charge in [0.2, 0.25) is 0 Å². The van der Waals surface area contributed by atoms with Crippen molar-refractivity contribution < 1.29 is 0 Å². The van der Waals surface area contributed by atoms with Gasteiger partial charge in [-0.05, 0) is 45.1 Å². The van der Waals surface area contributed by atoms with Gasteiger partial charge < -0.3 is 5.73 Å². The first-order chi connectivity index (χ1) is 8.22. The van der Waals surface area contributed by atoms with Crippen molar-refractivity contribution in [1.29, 1.82) is 0 Å². The second kappa shape index (κ2) is 4.77. The molecule has 2 atom stereocenters. The molecule has 1 saturated heterocycles. The molecule has 0 aromatic carbocycles. The zero-order valence-electron chi connectivity index (χ0n) is 12.9. The van der Waals surface area contributed by atoms with E-state index in [1.54, 1.807) is 0 Å². The largest absolute Gasteiger partial charge is 0.327 e. The van der Waals surface area contributed by atoms with E-state index in [2.05, 4.69) is 44.5 Å². The Morgan fingerprint density at radius 3 is 2.33 bits per heavy atom. The van der Waals surface area contributed by atoms with Crippen LogP contribution in [-0.2, 0) is 0 Å². The molecule has 2 N–H and O–H groups in total. The summed E-state index contributed by atoms with van der Waals surface area (Å²) in [6, 6.07) is 0.375. The van der Waals surface area contributed by atoms with E-state index in [-0.39, 0.29) is 0 Å². The van der Waals surface area contributed by atoms with Gasteiger partial charge in [0.05, 0.1) is 0 Å². The molecule has 0 aromatic heterocycles. The van der Waals surface area contributed by atoms with Gasteiger partial charge in [-0.25, -0.2) is 0 Å². The van der Waals surface area contributed by atoms with Crippen molar-refractivity contribution in [1.82, 2.24) is 9.80 Å². The van der Waals surface area contributed by atoms with Gasteiger partial charge in [0.1, 0.15) is 0 Å². The molecule has 1 aliphatic carbocycles. The molecule has 0 radical (unpaired) electrons. The lowest BCUT2D eigenvalue weighted by Gasteiger charge is -2.46. The Morgan fingerprint density at radius 1 is 1.17 bits per heavy atom. The van der Waals surface area contributed by atoms with Crippen molar-refractivity contribution in [2.75, 3.05) is 33.2 Å². The number of piperazine rings is 1. The first-order valence-corrected chi connectivity index (χ1v) is 7.41. The summed E-state index contributed by atoms with van der Waals surface area (Å²) in [5, 5.41) is 0.